The second kappa shape index (κ2) is 7.79. The number of hydrogen-bond donors (Lipinski definition) is 1. The van der Waals surface area contributed by atoms with Crippen molar-refractivity contribution in [1.82, 2.24) is 10.2 Å². The van der Waals surface area contributed by atoms with Crippen molar-refractivity contribution in [2.24, 2.45) is 11.8 Å². The summed E-state index contributed by atoms with van der Waals surface area (Å²) in [6.07, 6.45) is 9.73. The molecule has 0 spiro atoms. The maximum atomic E-state index is 3.86. The van der Waals surface area contributed by atoms with Gasteiger partial charge in [-0.25, -0.2) is 0 Å². The van der Waals surface area contributed by atoms with E-state index in [2.05, 4.69) is 37.9 Å². The van der Waals surface area contributed by atoms with Crippen molar-refractivity contribution in [2.75, 3.05) is 13.1 Å². The highest BCUT2D eigenvalue weighted by atomic mass is 15.2. The standard InChI is InChI=1S/C18H36N2/c1-5-11-19-16-10-9-15(6-2)13-18(16)20-12-7-8-17(20)14(3)4/h14-19H,5-13H2,1-4H3. The maximum absolute atomic E-state index is 3.86. The minimum Gasteiger partial charge on any atom is -0.312 e. The lowest BCUT2D eigenvalue weighted by atomic mass is 9.79. The topological polar surface area (TPSA) is 15.3 Å². The van der Waals surface area contributed by atoms with Crippen molar-refractivity contribution >= 4 is 0 Å². The minimum atomic E-state index is 0.747. The zero-order chi connectivity index (χ0) is 14.5. The van der Waals surface area contributed by atoms with Crippen LogP contribution < -0.4 is 5.32 Å². The zero-order valence-electron chi connectivity index (χ0n) is 14.2. The van der Waals surface area contributed by atoms with Gasteiger partial charge in [0.25, 0.3) is 0 Å². The van der Waals surface area contributed by atoms with Crippen molar-refractivity contribution in [3.63, 3.8) is 0 Å². The Kier molecular flexibility index (Phi) is 6.35. The van der Waals surface area contributed by atoms with E-state index < -0.39 is 0 Å². The molecule has 0 radical (unpaired) electrons. The largest absolute Gasteiger partial charge is 0.312 e. The number of nitrogens with zero attached hydrogens (tertiary/aromatic N) is 1. The molecule has 2 aliphatic rings. The number of nitrogens with one attached hydrogen (secondary N) is 1. The summed E-state index contributed by atoms with van der Waals surface area (Å²) >= 11 is 0. The molecular weight excluding hydrogens is 244 g/mol. The summed E-state index contributed by atoms with van der Waals surface area (Å²) in [4.78, 5) is 2.89. The van der Waals surface area contributed by atoms with E-state index in [1.807, 2.05) is 0 Å². The Morgan fingerprint density at radius 2 is 1.95 bits per heavy atom. The Labute approximate surface area is 126 Å². The van der Waals surface area contributed by atoms with Crippen LogP contribution in [0.25, 0.3) is 0 Å². The first kappa shape index (κ1) is 16.3. The maximum Gasteiger partial charge on any atom is 0.0255 e. The molecule has 20 heavy (non-hydrogen) atoms. The van der Waals surface area contributed by atoms with Gasteiger partial charge in [-0.3, -0.25) is 4.90 Å². The third-order valence-corrected chi connectivity index (χ3v) is 5.70. The molecule has 0 aromatic rings. The third-order valence-electron chi connectivity index (χ3n) is 5.70. The minimum absolute atomic E-state index is 0.747. The molecule has 1 heterocycles. The molecule has 118 valence electrons. The van der Waals surface area contributed by atoms with E-state index in [-0.39, 0.29) is 0 Å². The van der Waals surface area contributed by atoms with Crippen LogP contribution in [0.1, 0.15) is 72.6 Å². The predicted octanol–water partition coefficient (Wildman–Crippen LogP) is 4.05. The molecule has 4 atom stereocenters. The summed E-state index contributed by atoms with van der Waals surface area (Å²) in [5.74, 6) is 1.78. The lowest BCUT2D eigenvalue weighted by Crippen LogP contribution is -2.55. The van der Waals surface area contributed by atoms with Gasteiger partial charge < -0.3 is 5.32 Å². The Morgan fingerprint density at radius 3 is 2.60 bits per heavy atom. The van der Waals surface area contributed by atoms with Gasteiger partial charge in [0.15, 0.2) is 0 Å². The molecule has 0 bridgehead atoms. The van der Waals surface area contributed by atoms with E-state index in [9.17, 15) is 0 Å². The van der Waals surface area contributed by atoms with Gasteiger partial charge in [-0.1, -0.05) is 34.1 Å². The quantitative estimate of drug-likeness (QED) is 0.789. The SMILES string of the molecule is CCCNC1CCC(CC)CC1N1CCCC1C(C)C. The van der Waals surface area contributed by atoms with Crippen LogP contribution in [0.2, 0.25) is 0 Å². The van der Waals surface area contributed by atoms with Gasteiger partial charge in [0.2, 0.25) is 0 Å². The van der Waals surface area contributed by atoms with Gasteiger partial charge in [0.1, 0.15) is 0 Å². The van der Waals surface area contributed by atoms with E-state index in [1.54, 1.807) is 0 Å². The zero-order valence-corrected chi connectivity index (χ0v) is 14.2. The summed E-state index contributed by atoms with van der Waals surface area (Å²) in [7, 11) is 0. The predicted molar refractivity (Wildman–Crippen MR) is 88.1 cm³/mol. The molecule has 0 aromatic carbocycles. The van der Waals surface area contributed by atoms with Crippen LogP contribution in [0.3, 0.4) is 0 Å². The Morgan fingerprint density at radius 1 is 1.15 bits per heavy atom. The lowest BCUT2D eigenvalue weighted by Gasteiger charge is -2.45. The number of hydrogen-bond acceptors (Lipinski definition) is 2. The second-order valence-corrected chi connectivity index (χ2v) is 7.41. The second-order valence-electron chi connectivity index (χ2n) is 7.41. The summed E-state index contributed by atoms with van der Waals surface area (Å²) < 4.78 is 0. The Bertz CT molecular complexity index is 277. The molecule has 1 aliphatic carbocycles. The van der Waals surface area contributed by atoms with E-state index in [0.29, 0.717) is 0 Å². The smallest absolute Gasteiger partial charge is 0.0255 e. The van der Waals surface area contributed by atoms with Crippen LogP contribution in [0, 0.1) is 11.8 Å². The monoisotopic (exact) mass is 280 g/mol. The van der Waals surface area contributed by atoms with Crippen molar-refractivity contribution in [2.45, 2.75) is 90.8 Å². The molecular formula is C18H36N2. The van der Waals surface area contributed by atoms with Gasteiger partial charge >= 0.3 is 0 Å². The highest BCUT2D eigenvalue weighted by molar-refractivity contribution is 4.96. The molecule has 1 saturated carbocycles. The molecule has 1 N–H and O–H groups in total. The van der Waals surface area contributed by atoms with Crippen LogP contribution in [0.5, 0.6) is 0 Å². The molecule has 2 fully saturated rings. The third kappa shape index (κ3) is 3.76. The van der Waals surface area contributed by atoms with Crippen LogP contribution in [-0.2, 0) is 0 Å². The number of rotatable bonds is 6. The Balaban J connectivity index is 2.05. The van der Waals surface area contributed by atoms with E-state index in [0.717, 1.165) is 30.0 Å². The fourth-order valence-corrected chi connectivity index (χ4v) is 4.48. The highest BCUT2D eigenvalue weighted by Crippen LogP contribution is 2.35. The fraction of sp³-hybridized carbons (Fsp3) is 1.00. The molecule has 0 aromatic heterocycles. The average Bonchev–Trinajstić information content (AvgIpc) is 2.94. The van der Waals surface area contributed by atoms with Gasteiger partial charge in [-0.15, -0.1) is 0 Å². The number of likely N-dealkylation sites (tertiary alicyclic amines) is 1. The lowest BCUT2D eigenvalue weighted by molar-refractivity contribution is 0.0688. The first-order valence-electron chi connectivity index (χ1n) is 9.16. The summed E-state index contributed by atoms with van der Waals surface area (Å²) in [6.45, 7) is 12.0. The average molecular weight is 280 g/mol. The first-order valence-corrected chi connectivity index (χ1v) is 9.16. The summed E-state index contributed by atoms with van der Waals surface area (Å²) in [5, 5.41) is 3.86. The molecule has 0 amide bonds. The summed E-state index contributed by atoms with van der Waals surface area (Å²) in [6, 6.07) is 2.38. The first-order chi connectivity index (χ1) is 9.67. The van der Waals surface area contributed by atoms with Crippen LogP contribution >= 0.6 is 0 Å². The van der Waals surface area contributed by atoms with Crippen molar-refractivity contribution < 1.29 is 0 Å². The molecule has 4 unspecified atom stereocenters. The molecule has 2 heteroatoms. The van der Waals surface area contributed by atoms with Gasteiger partial charge in [-0.2, -0.15) is 0 Å². The van der Waals surface area contributed by atoms with E-state index in [1.165, 1.54) is 58.0 Å². The molecule has 2 rings (SSSR count). The van der Waals surface area contributed by atoms with Crippen molar-refractivity contribution in [1.29, 1.82) is 0 Å². The van der Waals surface area contributed by atoms with Crippen LogP contribution in [0.15, 0.2) is 0 Å². The van der Waals surface area contributed by atoms with Gasteiger partial charge in [0, 0.05) is 18.1 Å². The Hall–Kier alpha value is -0.0800. The van der Waals surface area contributed by atoms with Gasteiger partial charge in [0.05, 0.1) is 0 Å². The molecule has 2 nitrogen and oxygen atoms in total. The molecule has 1 aliphatic heterocycles. The fourth-order valence-electron chi connectivity index (χ4n) is 4.48. The van der Waals surface area contributed by atoms with Crippen LogP contribution in [0.4, 0.5) is 0 Å². The summed E-state index contributed by atoms with van der Waals surface area (Å²) in [5.41, 5.74) is 0. The van der Waals surface area contributed by atoms with Crippen molar-refractivity contribution in [3.8, 4) is 0 Å². The van der Waals surface area contributed by atoms with Crippen molar-refractivity contribution in [3.05, 3.63) is 0 Å². The molecule has 1 saturated heterocycles. The van der Waals surface area contributed by atoms with E-state index >= 15 is 0 Å². The van der Waals surface area contributed by atoms with Gasteiger partial charge in [-0.05, 0) is 63.5 Å². The van der Waals surface area contributed by atoms with Crippen LogP contribution in [-0.4, -0.2) is 36.1 Å². The van der Waals surface area contributed by atoms with E-state index in [4.69, 9.17) is 0 Å². The normalized spacial score (nSPS) is 35.9. The highest BCUT2D eigenvalue weighted by Gasteiger charge is 2.39.